The van der Waals surface area contributed by atoms with E-state index in [9.17, 15) is 9.90 Å². The maximum Gasteiger partial charge on any atom is 0.249 e. The van der Waals surface area contributed by atoms with Crippen molar-refractivity contribution in [2.45, 2.75) is 44.8 Å². The summed E-state index contributed by atoms with van der Waals surface area (Å²) in [6, 6.07) is 0.463. The van der Waals surface area contributed by atoms with Crippen LogP contribution in [0.1, 0.15) is 33.1 Å². The van der Waals surface area contributed by atoms with Crippen LogP contribution in [0.4, 0.5) is 0 Å². The summed E-state index contributed by atoms with van der Waals surface area (Å²) in [6.07, 6.45) is 1.78. The van der Waals surface area contributed by atoms with E-state index >= 15 is 0 Å². The first-order chi connectivity index (χ1) is 6.46. The molecule has 0 aromatic rings. The number of carbonyl (C=O) groups is 1. The summed E-state index contributed by atoms with van der Waals surface area (Å²) in [5.41, 5.74) is 3.91. The van der Waals surface area contributed by atoms with Gasteiger partial charge >= 0.3 is 0 Å². The fourth-order valence-electron chi connectivity index (χ4n) is 1.90. The number of rotatable bonds is 2. The van der Waals surface area contributed by atoms with Crippen LogP contribution in [0, 0.1) is 0 Å². The van der Waals surface area contributed by atoms with Crippen molar-refractivity contribution in [3.63, 3.8) is 0 Å². The Morgan fingerprint density at radius 1 is 1.43 bits per heavy atom. The van der Waals surface area contributed by atoms with E-state index in [1.54, 1.807) is 0 Å². The van der Waals surface area contributed by atoms with Crippen LogP contribution in [0.25, 0.3) is 0 Å². The van der Waals surface area contributed by atoms with Crippen molar-refractivity contribution in [2.75, 3.05) is 13.1 Å². The first kappa shape index (κ1) is 11.5. The van der Waals surface area contributed by atoms with Crippen LogP contribution < -0.4 is 5.73 Å². The number of primary amides is 1. The molecule has 4 nitrogen and oxygen atoms in total. The van der Waals surface area contributed by atoms with Crippen LogP contribution in [0.2, 0.25) is 0 Å². The van der Waals surface area contributed by atoms with Crippen molar-refractivity contribution < 1.29 is 9.90 Å². The Hall–Kier alpha value is -0.610. The Labute approximate surface area is 85.1 Å². The van der Waals surface area contributed by atoms with Gasteiger partial charge in [0.2, 0.25) is 5.91 Å². The number of aliphatic hydroxyl groups is 1. The van der Waals surface area contributed by atoms with Crippen molar-refractivity contribution in [1.29, 1.82) is 0 Å². The minimum Gasteiger partial charge on any atom is -0.380 e. The Bertz CT molecular complexity index is 218. The summed E-state index contributed by atoms with van der Waals surface area (Å²) in [5.74, 6) is -0.580. The van der Waals surface area contributed by atoms with Crippen LogP contribution in [0.15, 0.2) is 0 Å². The molecule has 0 aromatic carbocycles. The van der Waals surface area contributed by atoms with Gasteiger partial charge in [-0.1, -0.05) is 0 Å². The zero-order chi connectivity index (χ0) is 10.8. The van der Waals surface area contributed by atoms with Gasteiger partial charge in [-0.2, -0.15) is 0 Å². The number of nitrogens with two attached hydrogens (primary N) is 1. The molecule has 82 valence electrons. The second-order valence-electron chi connectivity index (χ2n) is 4.38. The van der Waals surface area contributed by atoms with Gasteiger partial charge in [0, 0.05) is 12.6 Å². The largest absolute Gasteiger partial charge is 0.380 e. The van der Waals surface area contributed by atoms with Gasteiger partial charge in [0.15, 0.2) is 0 Å². The molecule has 1 rings (SSSR count). The molecule has 0 aromatic heterocycles. The lowest BCUT2D eigenvalue weighted by Crippen LogP contribution is -2.44. The highest BCUT2D eigenvalue weighted by molar-refractivity contribution is 5.83. The molecule has 1 fully saturated rings. The summed E-state index contributed by atoms with van der Waals surface area (Å²) in [4.78, 5) is 13.3. The topological polar surface area (TPSA) is 66.6 Å². The van der Waals surface area contributed by atoms with Gasteiger partial charge < -0.3 is 15.7 Å². The summed E-state index contributed by atoms with van der Waals surface area (Å²) >= 11 is 0. The minimum absolute atomic E-state index is 0.459. The number of hydrogen-bond acceptors (Lipinski definition) is 3. The minimum atomic E-state index is -1.27. The zero-order valence-electron chi connectivity index (χ0n) is 8.99. The Balaban J connectivity index is 2.61. The van der Waals surface area contributed by atoms with Gasteiger partial charge in [-0.3, -0.25) is 4.79 Å². The number of likely N-dealkylation sites (tertiary alicyclic amines) is 1. The molecule has 0 spiro atoms. The lowest BCUT2D eigenvalue weighted by atomic mass is 9.94. The fourth-order valence-corrected chi connectivity index (χ4v) is 1.90. The van der Waals surface area contributed by atoms with Crippen LogP contribution in [-0.4, -0.2) is 40.6 Å². The third-order valence-corrected chi connectivity index (χ3v) is 3.04. The quantitative estimate of drug-likeness (QED) is 0.664. The van der Waals surface area contributed by atoms with E-state index in [0.29, 0.717) is 18.9 Å². The molecule has 1 heterocycles. The molecular formula is C10H20N2O2. The molecule has 1 aliphatic heterocycles. The second-order valence-corrected chi connectivity index (χ2v) is 4.38. The van der Waals surface area contributed by atoms with Crippen LogP contribution in [-0.2, 0) is 4.79 Å². The van der Waals surface area contributed by atoms with Gasteiger partial charge in [0.25, 0.3) is 0 Å². The molecule has 0 aliphatic carbocycles. The molecule has 4 heteroatoms. The smallest absolute Gasteiger partial charge is 0.249 e. The number of carbonyl (C=O) groups excluding carboxylic acids is 1. The van der Waals surface area contributed by atoms with E-state index in [4.69, 9.17) is 5.73 Å². The molecule has 1 saturated heterocycles. The molecular weight excluding hydrogens is 180 g/mol. The summed E-state index contributed by atoms with van der Waals surface area (Å²) < 4.78 is 0. The van der Waals surface area contributed by atoms with E-state index < -0.39 is 11.5 Å². The van der Waals surface area contributed by atoms with E-state index in [1.807, 2.05) is 0 Å². The number of amides is 1. The second kappa shape index (κ2) is 4.28. The average Bonchev–Trinajstić information content (AvgIpc) is 2.28. The normalized spacial score (nSPS) is 30.3. The molecule has 0 saturated carbocycles. The third kappa shape index (κ3) is 2.45. The SMILES string of the molecule is CC(C)N1CCCC(O)(C(N)=O)CC1. The molecule has 14 heavy (non-hydrogen) atoms. The number of hydrogen-bond donors (Lipinski definition) is 2. The molecule has 0 bridgehead atoms. The lowest BCUT2D eigenvalue weighted by molar-refractivity contribution is -0.137. The summed E-state index contributed by atoms with van der Waals surface area (Å²) in [5, 5.41) is 9.93. The Morgan fingerprint density at radius 2 is 2.07 bits per heavy atom. The summed E-state index contributed by atoms with van der Waals surface area (Å²) in [6.45, 7) is 5.92. The van der Waals surface area contributed by atoms with Gasteiger partial charge in [0.1, 0.15) is 5.60 Å². The monoisotopic (exact) mass is 200 g/mol. The highest BCUT2D eigenvalue weighted by Crippen LogP contribution is 2.22. The van der Waals surface area contributed by atoms with Crippen LogP contribution in [0.3, 0.4) is 0 Å². The van der Waals surface area contributed by atoms with E-state index in [2.05, 4.69) is 18.7 Å². The highest BCUT2D eigenvalue weighted by atomic mass is 16.3. The third-order valence-electron chi connectivity index (χ3n) is 3.04. The van der Waals surface area contributed by atoms with Crippen LogP contribution in [0.5, 0.6) is 0 Å². The molecule has 0 radical (unpaired) electrons. The Morgan fingerprint density at radius 3 is 2.57 bits per heavy atom. The first-order valence-electron chi connectivity index (χ1n) is 5.22. The molecule has 1 amide bonds. The van der Waals surface area contributed by atoms with Gasteiger partial charge in [-0.25, -0.2) is 0 Å². The highest BCUT2D eigenvalue weighted by Gasteiger charge is 2.35. The van der Waals surface area contributed by atoms with E-state index in [0.717, 1.165) is 19.5 Å². The predicted molar refractivity (Wildman–Crippen MR) is 54.7 cm³/mol. The average molecular weight is 200 g/mol. The molecule has 1 atom stereocenters. The van der Waals surface area contributed by atoms with E-state index in [-0.39, 0.29) is 0 Å². The van der Waals surface area contributed by atoms with Gasteiger partial charge in [0.05, 0.1) is 0 Å². The van der Waals surface area contributed by atoms with Gasteiger partial charge in [-0.15, -0.1) is 0 Å². The van der Waals surface area contributed by atoms with Crippen molar-refractivity contribution in [3.8, 4) is 0 Å². The van der Waals surface area contributed by atoms with Gasteiger partial charge in [-0.05, 0) is 39.7 Å². The van der Waals surface area contributed by atoms with Crippen molar-refractivity contribution in [3.05, 3.63) is 0 Å². The van der Waals surface area contributed by atoms with Crippen LogP contribution >= 0.6 is 0 Å². The fraction of sp³-hybridized carbons (Fsp3) is 0.900. The maximum absolute atomic E-state index is 11.1. The summed E-state index contributed by atoms with van der Waals surface area (Å²) in [7, 11) is 0. The van der Waals surface area contributed by atoms with Crippen molar-refractivity contribution in [1.82, 2.24) is 4.90 Å². The Kier molecular flexibility index (Phi) is 3.50. The predicted octanol–water partition coefficient (Wildman–Crippen LogP) is 0.0971. The lowest BCUT2D eigenvalue weighted by Gasteiger charge is -2.25. The first-order valence-corrected chi connectivity index (χ1v) is 5.22. The number of nitrogens with zero attached hydrogens (tertiary/aromatic N) is 1. The molecule has 3 N–H and O–H groups in total. The standard InChI is InChI=1S/C10H20N2O2/c1-8(2)12-6-3-4-10(14,5-7-12)9(11)13/h8,14H,3-7H2,1-2H3,(H2,11,13). The zero-order valence-corrected chi connectivity index (χ0v) is 8.99. The molecule has 1 aliphatic rings. The molecule has 1 unspecified atom stereocenters. The van der Waals surface area contributed by atoms with Crippen molar-refractivity contribution >= 4 is 5.91 Å². The maximum atomic E-state index is 11.1. The van der Waals surface area contributed by atoms with E-state index in [1.165, 1.54) is 0 Å². The van der Waals surface area contributed by atoms with Crippen molar-refractivity contribution in [2.24, 2.45) is 5.73 Å².